The lowest BCUT2D eigenvalue weighted by molar-refractivity contribution is -0.137. The number of aliphatic carboxylic acids is 1. The van der Waals surface area contributed by atoms with Gasteiger partial charge in [-0.15, -0.1) is 0 Å². The van der Waals surface area contributed by atoms with Crippen molar-refractivity contribution in [2.75, 3.05) is 6.61 Å². The standard InChI is InChI=1S/C29H42O5S/c1-8-29(9-2,23-11-10-22(20(3)16-23)19-35(33)28(5,6)7)24-12-14-26(21(4)17-24)34-18-25(30)13-15-27(31)32/h10-12,14,16-17,25,30H,8-9,13,15,18-19H2,1-7H3,(H,31,32)/t25-,35?/m0/s1. The Morgan fingerprint density at radius 2 is 1.57 bits per heavy atom. The summed E-state index contributed by atoms with van der Waals surface area (Å²) in [6.07, 6.45) is 1.14. The Morgan fingerprint density at radius 3 is 2.06 bits per heavy atom. The molecule has 2 N–H and O–H groups in total. The molecule has 194 valence electrons. The normalized spacial score (nSPS) is 13.9. The fourth-order valence-electron chi connectivity index (χ4n) is 4.41. The Kier molecular flexibility index (Phi) is 10.1. The highest BCUT2D eigenvalue weighted by molar-refractivity contribution is 7.85. The summed E-state index contributed by atoms with van der Waals surface area (Å²) in [7, 11) is -0.942. The van der Waals surface area contributed by atoms with Crippen LogP contribution in [0.25, 0.3) is 0 Å². The molecule has 0 spiro atoms. The average Bonchev–Trinajstić information content (AvgIpc) is 2.79. The van der Waals surface area contributed by atoms with Crippen LogP contribution in [0.2, 0.25) is 0 Å². The van der Waals surface area contributed by atoms with Gasteiger partial charge in [0.25, 0.3) is 0 Å². The molecule has 0 radical (unpaired) electrons. The monoisotopic (exact) mass is 502 g/mol. The van der Waals surface area contributed by atoms with Gasteiger partial charge in [-0.3, -0.25) is 9.00 Å². The maximum Gasteiger partial charge on any atom is 0.303 e. The van der Waals surface area contributed by atoms with Crippen LogP contribution in [0.5, 0.6) is 5.75 Å². The Hall–Kier alpha value is -2.18. The van der Waals surface area contributed by atoms with Gasteiger partial charge in [0, 0.05) is 33.1 Å². The fraction of sp³-hybridized carbons (Fsp3) is 0.552. The molecule has 2 rings (SSSR count). The number of carboxylic acid groups (broad SMARTS) is 1. The van der Waals surface area contributed by atoms with Gasteiger partial charge < -0.3 is 14.9 Å². The first-order chi connectivity index (χ1) is 16.3. The minimum Gasteiger partial charge on any atom is -0.491 e. The first-order valence-corrected chi connectivity index (χ1v) is 13.8. The number of carboxylic acids is 1. The molecule has 6 heteroatoms. The molecule has 0 saturated carbocycles. The Labute approximate surface area is 213 Å². The van der Waals surface area contributed by atoms with Crippen LogP contribution in [-0.4, -0.2) is 37.8 Å². The van der Waals surface area contributed by atoms with E-state index in [0.29, 0.717) is 11.5 Å². The molecule has 1 unspecified atom stereocenters. The van der Waals surface area contributed by atoms with Gasteiger partial charge in [0.05, 0.1) is 6.10 Å². The van der Waals surface area contributed by atoms with Crippen LogP contribution in [0.15, 0.2) is 36.4 Å². The van der Waals surface area contributed by atoms with Crippen LogP contribution in [0, 0.1) is 13.8 Å². The van der Waals surface area contributed by atoms with E-state index in [1.54, 1.807) is 0 Å². The van der Waals surface area contributed by atoms with Gasteiger partial charge in [-0.1, -0.05) is 44.2 Å². The molecule has 0 amide bonds. The van der Waals surface area contributed by atoms with Crippen LogP contribution in [-0.2, 0) is 26.8 Å². The van der Waals surface area contributed by atoms with Gasteiger partial charge in [-0.25, -0.2) is 0 Å². The average molecular weight is 503 g/mol. The zero-order chi connectivity index (χ0) is 26.4. The van der Waals surface area contributed by atoms with Crippen molar-refractivity contribution in [3.8, 4) is 5.75 Å². The van der Waals surface area contributed by atoms with Gasteiger partial charge >= 0.3 is 5.97 Å². The lowest BCUT2D eigenvalue weighted by Crippen LogP contribution is -2.27. The van der Waals surface area contributed by atoms with E-state index in [-0.39, 0.29) is 29.6 Å². The van der Waals surface area contributed by atoms with Gasteiger partial charge in [0.1, 0.15) is 12.4 Å². The second-order valence-corrected chi connectivity index (χ2v) is 12.6. The van der Waals surface area contributed by atoms with E-state index in [1.807, 2.05) is 33.8 Å². The first-order valence-electron chi connectivity index (χ1n) is 12.5. The lowest BCUT2D eigenvalue weighted by Gasteiger charge is -2.34. The molecule has 35 heavy (non-hydrogen) atoms. The van der Waals surface area contributed by atoms with E-state index in [1.165, 1.54) is 16.7 Å². The molecular formula is C29H42O5S. The van der Waals surface area contributed by atoms with Gasteiger partial charge in [0.15, 0.2) is 0 Å². The molecule has 0 aliphatic rings. The third kappa shape index (κ3) is 7.40. The topological polar surface area (TPSA) is 83.8 Å². The van der Waals surface area contributed by atoms with Crippen molar-refractivity contribution >= 4 is 16.8 Å². The number of ether oxygens (including phenoxy) is 1. The van der Waals surface area contributed by atoms with Crippen molar-refractivity contribution in [1.82, 2.24) is 0 Å². The third-order valence-corrected chi connectivity index (χ3v) is 8.86. The van der Waals surface area contributed by atoms with Crippen molar-refractivity contribution < 1.29 is 24.0 Å². The summed E-state index contributed by atoms with van der Waals surface area (Å²) in [5.74, 6) is 0.329. The minimum atomic E-state index is -0.942. The Bertz CT molecular complexity index is 1030. The second-order valence-electron chi connectivity index (χ2n) is 10.4. The molecule has 0 fully saturated rings. The molecule has 2 atom stereocenters. The van der Waals surface area contributed by atoms with E-state index in [0.717, 1.165) is 24.0 Å². The first kappa shape index (κ1) is 29.1. The zero-order valence-electron chi connectivity index (χ0n) is 22.3. The summed E-state index contributed by atoms with van der Waals surface area (Å²) in [5.41, 5.74) is 5.58. The van der Waals surface area contributed by atoms with E-state index < -0.39 is 22.9 Å². The summed E-state index contributed by atoms with van der Waals surface area (Å²) in [6.45, 7) is 14.6. The number of carbonyl (C=O) groups is 1. The van der Waals surface area contributed by atoms with Gasteiger partial charge in [0.2, 0.25) is 0 Å². The highest BCUT2D eigenvalue weighted by Crippen LogP contribution is 2.41. The van der Waals surface area contributed by atoms with Crippen molar-refractivity contribution in [2.45, 2.75) is 96.2 Å². The van der Waals surface area contributed by atoms with Crippen molar-refractivity contribution in [3.63, 3.8) is 0 Å². The van der Waals surface area contributed by atoms with E-state index >= 15 is 0 Å². The van der Waals surface area contributed by atoms with Crippen LogP contribution < -0.4 is 4.74 Å². The van der Waals surface area contributed by atoms with Crippen LogP contribution in [0.4, 0.5) is 0 Å². The lowest BCUT2D eigenvalue weighted by atomic mass is 9.70. The summed E-state index contributed by atoms with van der Waals surface area (Å²) < 4.78 is 18.2. The zero-order valence-corrected chi connectivity index (χ0v) is 23.1. The number of aliphatic hydroxyl groups is 1. The second kappa shape index (κ2) is 12.2. The smallest absolute Gasteiger partial charge is 0.303 e. The fourth-order valence-corrected chi connectivity index (χ4v) is 5.45. The number of aliphatic hydroxyl groups excluding tert-OH is 1. The molecule has 0 bridgehead atoms. The Morgan fingerprint density at radius 1 is 1.00 bits per heavy atom. The third-order valence-electron chi connectivity index (χ3n) is 6.92. The summed E-state index contributed by atoms with van der Waals surface area (Å²) in [5, 5.41) is 18.8. The van der Waals surface area contributed by atoms with Crippen molar-refractivity contribution in [2.24, 2.45) is 0 Å². The summed E-state index contributed by atoms with van der Waals surface area (Å²) in [6, 6.07) is 12.8. The molecule has 5 nitrogen and oxygen atoms in total. The van der Waals surface area contributed by atoms with Gasteiger partial charge in [-0.05, 0) is 87.8 Å². The molecule has 0 saturated heterocycles. The maximum atomic E-state index is 12.7. The molecule has 0 aromatic heterocycles. The highest BCUT2D eigenvalue weighted by Gasteiger charge is 2.32. The SMILES string of the molecule is CCC(CC)(c1ccc(CS(=O)C(C)(C)C)c(C)c1)c1ccc(OC[C@@H](O)CCC(=O)O)c(C)c1. The molecule has 0 aliphatic carbocycles. The molecule has 2 aromatic rings. The largest absolute Gasteiger partial charge is 0.491 e. The molecule has 0 heterocycles. The quantitative estimate of drug-likeness (QED) is 0.368. The van der Waals surface area contributed by atoms with E-state index in [4.69, 9.17) is 9.84 Å². The summed E-state index contributed by atoms with van der Waals surface area (Å²) in [4.78, 5) is 10.7. The van der Waals surface area contributed by atoms with Crippen LogP contribution in [0.1, 0.15) is 88.1 Å². The van der Waals surface area contributed by atoms with Crippen LogP contribution in [0.3, 0.4) is 0 Å². The minimum absolute atomic E-state index is 0.0662. The number of hydrogen-bond donors (Lipinski definition) is 2. The predicted molar refractivity (Wildman–Crippen MR) is 144 cm³/mol. The van der Waals surface area contributed by atoms with E-state index in [9.17, 15) is 14.1 Å². The highest BCUT2D eigenvalue weighted by atomic mass is 32.2. The predicted octanol–water partition coefficient (Wildman–Crippen LogP) is 6.06. The molecular weight excluding hydrogens is 460 g/mol. The van der Waals surface area contributed by atoms with Gasteiger partial charge in [-0.2, -0.15) is 0 Å². The number of aryl methyl sites for hydroxylation is 2. The van der Waals surface area contributed by atoms with Crippen LogP contribution >= 0.6 is 0 Å². The number of benzene rings is 2. The molecule has 0 aliphatic heterocycles. The number of hydrogen-bond acceptors (Lipinski definition) is 4. The van der Waals surface area contributed by atoms with E-state index in [2.05, 4.69) is 51.1 Å². The maximum absolute atomic E-state index is 12.7. The van der Waals surface area contributed by atoms with Crippen molar-refractivity contribution in [1.29, 1.82) is 0 Å². The number of rotatable bonds is 12. The molecule has 2 aromatic carbocycles. The Balaban J connectivity index is 2.29. The summed E-state index contributed by atoms with van der Waals surface area (Å²) >= 11 is 0. The van der Waals surface area contributed by atoms with Crippen molar-refractivity contribution in [3.05, 3.63) is 64.2 Å².